The van der Waals surface area contributed by atoms with Gasteiger partial charge in [0.05, 0.1) is 24.2 Å². The van der Waals surface area contributed by atoms with Crippen LogP contribution >= 0.6 is 0 Å². The molecule has 0 bridgehead atoms. The number of benzene rings is 1. The highest BCUT2D eigenvalue weighted by atomic mass is 19.1. The Kier molecular flexibility index (Phi) is 6.04. The molecule has 2 aliphatic heterocycles. The van der Waals surface area contributed by atoms with Gasteiger partial charge in [0.1, 0.15) is 29.5 Å². The SMILES string of the molecule is COC(=O)c1cc2c(C#N)c(F)c(N3CC[C@@H](C4(NC(=O)OC(C)(C)C)CC4)C3)c3c2n(c1=O)[C@@H](C)CO3. The van der Waals surface area contributed by atoms with Crippen LogP contribution < -0.4 is 20.5 Å². The minimum absolute atomic E-state index is 0.0364. The summed E-state index contributed by atoms with van der Waals surface area (Å²) in [5.74, 6) is -1.41. The van der Waals surface area contributed by atoms with Crippen molar-refractivity contribution < 1.29 is 28.2 Å². The van der Waals surface area contributed by atoms with Crippen LogP contribution in [0.4, 0.5) is 14.9 Å². The Balaban J connectivity index is 1.56. The van der Waals surface area contributed by atoms with E-state index < -0.39 is 40.6 Å². The van der Waals surface area contributed by atoms with Crippen molar-refractivity contribution in [3.05, 3.63) is 33.4 Å². The first kappa shape index (κ1) is 25.8. The number of hydrogen-bond donors (Lipinski definition) is 1. The molecule has 1 aromatic heterocycles. The smallest absolute Gasteiger partial charge is 0.408 e. The quantitative estimate of drug-likeness (QED) is 0.599. The minimum Gasteiger partial charge on any atom is -0.487 e. The van der Waals surface area contributed by atoms with Crippen LogP contribution in [0, 0.1) is 23.1 Å². The summed E-state index contributed by atoms with van der Waals surface area (Å²) >= 11 is 0. The second-order valence-corrected chi connectivity index (χ2v) is 11.3. The number of ether oxygens (including phenoxy) is 3. The molecule has 11 heteroatoms. The zero-order chi connectivity index (χ0) is 27.6. The number of alkyl carbamates (subject to hydrolysis) is 1. The summed E-state index contributed by atoms with van der Waals surface area (Å²) < 4.78 is 33.7. The van der Waals surface area contributed by atoms with Crippen LogP contribution in [0.2, 0.25) is 0 Å². The predicted octanol–water partition coefficient (Wildman–Crippen LogP) is 3.64. The number of methoxy groups -OCH3 is 1. The average molecular weight is 527 g/mol. The number of anilines is 1. The van der Waals surface area contributed by atoms with Crippen molar-refractivity contribution in [1.82, 2.24) is 9.88 Å². The van der Waals surface area contributed by atoms with E-state index in [1.807, 2.05) is 11.0 Å². The van der Waals surface area contributed by atoms with Gasteiger partial charge in [-0.2, -0.15) is 5.26 Å². The molecule has 10 nitrogen and oxygen atoms in total. The molecule has 0 radical (unpaired) electrons. The summed E-state index contributed by atoms with van der Waals surface area (Å²) in [6.07, 6.45) is 1.81. The number of amides is 1. The summed E-state index contributed by atoms with van der Waals surface area (Å²) in [6.45, 7) is 8.17. The highest BCUT2D eigenvalue weighted by Gasteiger charge is 2.53. The van der Waals surface area contributed by atoms with Crippen molar-refractivity contribution in [2.75, 3.05) is 31.7 Å². The lowest BCUT2D eigenvalue weighted by atomic mass is 9.96. The van der Waals surface area contributed by atoms with Crippen LogP contribution in [0.1, 0.15) is 68.9 Å². The van der Waals surface area contributed by atoms with Gasteiger partial charge >= 0.3 is 12.1 Å². The number of carbonyl (C=O) groups is 2. The molecule has 1 aromatic carbocycles. The largest absolute Gasteiger partial charge is 0.487 e. The van der Waals surface area contributed by atoms with Gasteiger partial charge < -0.3 is 24.4 Å². The van der Waals surface area contributed by atoms with Gasteiger partial charge in [0, 0.05) is 29.9 Å². The van der Waals surface area contributed by atoms with Crippen LogP contribution in [0.3, 0.4) is 0 Å². The lowest BCUT2D eigenvalue weighted by Gasteiger charge is -2.32. The van der Waals surface area contributed by atoms with Crippen molar-refractivity contribution in [2.24, 2.45) is 5.92 Å². The van der Waals surface area contributed by atoms with Crippen LogP contribution in [-0.4, -0.2) is 54.6 Å². The number of nitrogens with zero attached hydrogens (tertiary/aromatic N) is 3. The molecule has 0 spiro atoms. The molecule has 2 atom stereocenters. The van der Waals surface area contributed by atoms with E-state index >= 15 is 4.39 Å². The Labute approximate surface area is 219 Å². The van der Waals surface area contributed by atoms with Gasteiger partial charge in [-0.25, -0.2) is 14.0 Å². The van der Waals surface area contributed by atoms with E-state index in [0.717, 1.165) is 20.0 Å². The first-order chi connectivity index (χ1) is 17.9. The Morgan fingerprint density at radius 2 is 2.03 bits per heavy atom. The third-order valence-corrected chi connectivity index (χ3v) is 7.61. The Morgan fingerprint density at radius 1 is 1.32 bits per heavy atom. The molecule has 2 aromatic rings. The Bertz CT molecular complexity index is 1450. The van der Waals surface area contributed by atoms with Crippen molar-refractivity contribution in [3.8, 4) is 11.8 Å². The molecule has 1 saturated carbocycles. The molecule has 202 valence electrons. The summed E-state index contributed by atoms with van der Waals surface area (Å²) in [5, 5.41) is 13.1. The van der Waals surface area contributed by atoms with E-state index in [-0.39, 0.29) is 46.0 Å². The number of nitriles is 1. The average Bonchev–Trinajstić information content (AvgIpc) is 3.44. The molecule has 1 aliphatic carbocycles. The maximum atomic E-state index is 16.1. The Morgan fingerprint density at radius 3 is 2.63 bits per heavy atom. The fourth-order valence-electron chi connectivity index (χ4n) is 5.68. The van der Waals surface area contributed by atoms with Crippen molar-refractivity contribution in [2.45, 2.75) is 64.1 Å². The summed E-state index contributed by atoms with van der Waals surface area (Å²) in [7, 11) is 1.16. The molecule has 1 N–H and O–H groups in total. The fraction of sp³-hybridized carbons (Fsp3) is 0.556. The third kappa shape index (κ3) is 4.12. The standard InChI is InChI=1S/C27H31FN4O6/c1-14-13-37-22-20-16(10-17(24(34)36-5)23(33)32(14)20)18(11-29)19(28)21(22)31-9-6-15(12-31)27(7-8-27)30-25(35)38-26(2,3)4/h10,14-15H,6-9,12-13H2,1-5H3,(H,30,35)/t14-,15+/m0/s1. The lowest BCUT2D eigenvalue weighted by Crippen LogP contribution is -2.46. The van der Waals surface area contributed by atoms with E-state index in [1.165, 1.54) is 10.6 Å². The van der Waals surface area contributed by atoms with Crippen LogP contribution in [0.15, 0.2) is 10.9 Å². The molecular weight excluding hydrogens is 495 g/mol. The van der Waals surface area contributed by atoms with E-state index in [1.54, 1.807) is 27.7 Å². The first-order valence-electron chi connectivity index (χ1n) is 12.7. The second kappa shape index (κ2) is 8.89. The predicted molar refractivity (Wildman–Crippen MR) is 136 cm³/mol. The van der Waals surface area contributed by atoms with E-state index in [9.17, 15) is 19.6 Å². The van der Waals surface area contributed by atoms with E-state index in [2.05, 4.69) is 5.32 Å². The topological polar surface area (TPSA) is 123 Å². The van der Waals surface area contributed by atoms with Crippen molar-refractivity contribution in [3.63, 3.8) is 0 Å². The van der Waals surface area contributed by atoms with Gasteiger partial charge in [-0.3, -0.25) is 9.36 Å². The van der Waals surface area contributed by atoms with E-state index in [0.29, 0.717) is 19.5 Å². The van der Waals surface area contributed by atoms with Gasteiger partial charge in [-0.05, 0) is 53.0 Å². The molecule has 5 rings (SSSR count). The highest BCUT2D eigenvalue weighted by Crippen LogP contribution is 2.50. The van der Waals surface area contributed by atoms with Gasteiger partial charge in [-0.1, -0.05) is 0 Å². The number of hydrogen-bond acceptors (Lipinski definition) is 8. The molecule has 3 aliphatic rings. The second-order valence-electron chi connectivity index (χ2n) is 11.3. The van der Waals surface area contributed by atoms with Crippen molar-refractivity contribution >= 4 is 28.7 Å². The summed E-state index contributed by atoms with van der Waals surface area (Å²) in [4.78, 5) is 39.9. The number of esters is 1. The van der Waals surface area contributed by atoms with Gasteiger partial charge in [0.2, 0.25) is 0 Å². The molecule has 3 heterocycles. The lowest BCUT2D eigenvalue weighted by molar-refractivity contribution is 0.0476. The molecule has 0 unspecified atom stereocenters. The fourth-order valence-corrected chi connectivity index (χ4v) is 5.68. The maximum Gasteiger partial charge on any atom is 0.408 e. The van der Waals surface area contributed by atoms with Gasteiger partial charge in [-0.15, -0.1) is 0 Å². The third-order valence-electron chi connectivity index (χ3n) is 7.61. The zero-order valence-corrected chi connectivity index (χ0v) is 22.1. The van der Waals surface area contributed by atoms with Gasteiger partial charge in [0.25, 0.3) is 5.56 Å². The molecule has 1 saturated heterocycles. The van der Waals surface area contributed by atoms with E-state index in [4.69, 9.17) is 14.2 Å². The summed E-state index contributed by atoms with van der Waals surface area (Å²) in [5.41, 5.74) is -1.76. The monoisotopic (exact) mass is 526 g/mol. The molecule has 1 amide bonds. The minimum atomic E-state index is -0.858. The number of carbonyl (C=O) groups excluding carboxylic acids is 2. The van der Waals surface area contributed by atoms with Crippen LogP contribution in [0.25, 0.3) is 10.9 Å². The highest BCUT2D eigenvalue weighted by molar-refractivity contribution is 6.00. The summed E-state index contributed by atoms with van der Waals surface area (Å²) in [6, 6.07) is 2.69. The number of aromatic nitrogens is 1. The Hall–Kier alpha value is -3.81. The maximum absolute atomic E-state index is 16.1. The number of pyridine rings is 1. The van der Waals surface area contributed by atoms with Crippen LogP contribution in [-0.2, 0) is 9.47 Å². The normalized spacial score (nSPS) is 21.4. The van der Waals surface area contributed by atoms with Gasteiger partial charge in [0.15, 0.2) is 11.6 Å². The number of rotatable bonds is 4. The molecule has 38 heavy (non-hydrogen) atoms. The zero-order valence-electron chi connectivity index (χ0n) is 22.1. The molecule has 2 fully saturated rings. The van der Waals surface area contributed by atoms with Crippen LogP contribution in [0.5, 0.6) is 5.75 Å². The first-order valence-corrected chi connectivity index (χ1v) is 12.7. The number of nitrogens with one attached hydrogen (secondary N) is 1. The van der Waals surface area contributed by atoms with Crippen molar-refractivity contribution in [1.29, 1.82) is 5.26 Å². The number of halogens is 1. The molecular formula is C27H31FN4O6.